The van der Waals surface area contributed by atoms with Gasteiger partial charge in [0, 0.05) is 44.6 Å². The fourth-order valence-electron chi connectivity index (χ4n) is 3.19. The largest absolute Gasteiger partial charge is 0.390 e. The van der Waals surface area contributed by atoms with Crippen LogP contribution in [0.1, 0.15) is 18.4 Å². The summed E-state index contributed by atoms with van der Waals surface area (Å²) in [5.41, 5.74) is 1.08. The Labute approximate surface area is 178 Å². The molecule has 0 unspecified atom stereocenters. The molecule has 2 heterocycles. The molecule has 9 heteroatoms. The Morgan fingerprint density at radius 3 is 2.56 bits per heavy atom. The van der Waals surface area contributed by atoms with Crippen molar-refractivity contribution in [3.05, 3.63) is 54.4 Å². The summed E-state index contributed by atoms with van der Waals surface area (Å²) < 4.78 is 15.0. The molecule has 1 aromatic carbocycles. The molecule has 5 nitrogen and oxygen atoms in total. The van der Waals surface area contributed by atoms with Crippen molar-refractivity contribution in [3.8, 4) is 0 Å². The molecular formula is C18H28Cl3FN4O. The molecule has 27 heavy (non-hydrogen) atoms. The zero-order valence-corrected chi connectivity index (χ0v) is 17.5. The second-order valence-corrected chi connectivity index (χ2v) is 6.43. The lowest BCUT2D eigenvalue weighted by Crippen LogP contribution is -2.52. The minimum absolute atomic E-state index is 0. The molecule has 0 saturated carbocycles. The van der Waals surface area contributed by atoms with Crippen LogP contribution in [-0.2, 0) is 13.1 Å². The van der Waals surface area contributed by atoms with Crippen molar-refractivity contribution >= 4 is 37.2 Å². The van der Waals surface area contributed by atoms with Crippen molar-refractivity contribution in [2.24, 2.45) is 0 Å². The lowest BCUT2D eigenvalue weighted by molar-refractivity contribution is 0.0370. The van der Waals surface area contributed by atoms with Gasteiger partial charge in [-0.25, -0.2) is 9.37 Å². The van der Waals surface area contributed by atoms with E-state index in [1.807, 2.05) is 24.7 Å². The third kappa shape index (κ3) is 8.34. The van der Waals surface area contributed by atoms with Crippen LogP contribution in [-0.4, -0.2) is 51.3 Å². The Bertz CT molecular complexity index is 616. The van der Waals surface area contributed by atoms with E-state index in [2.05, 4.69) is 19.8 Å². The summed E-state index contributed by atoms with van der Waals surface area (Å²) in [6, 6.07) is 6.74. The number of likely N-dealkylation sites (tertiary alicyclic amines) is 1. The lowest BCUT2D eigenvalue weighted by atomic mass is 10.0. The Morgan fingerprint density at radius 2 is 1.93 bits per heavy atom. The number of rotatable bonds is 7. The van der Waals surface area contributed by atoms with E-state index in [4.69, 9.17) is 0 Å². The summed E-state index contributed by atoms with van der Waals surface area (Å²) in [6.07, 6.45) is 7.14. The molecule has 3 rings (SSSR count). The molecule has 154 valence electrons. The summed E-state index contributed by atoms with van der Waals surface area (Å²) in [5.74, 6) is -0.211. The first-order valence-corrected chi connectivity index (χ1v) is 8.55. The van der Waals surface area contributed by atoms with Gasteiger partial charge in [0.2, 0.25) is 0 Å². The van der Waals surface area contributed by atoms with Crippen molar-refractivity contribution in [1.29, 1.82) is 0 Å². The first kappa shape index (κ1) is 26.1. The number of benzene rings is 1. The molecule has 0 radical (unpaired) electrons. The summed E-state index contributed by atoms with van der Waals surface area (Å²) in [5, 5.41) is 13.8. The van der Waals surface area contributed by atoms with Gasteiger partial charge >= 0.3 is 0 Å². The second kappa shape index (κ2) is 13.3. The fraction of sp³-hybridized carbons (Fsp3) is 0.500. The van der Waals surface area contributed by atoms with Gasteiger partial charge in [0.15, 0.2) is 0 Å². The van der Waals surface area contributed by atoms with E-state index in [-0.39, 0.29) is 55.2 Å². The van der Waals surface area contributed by atoms with Gasteiger partial charge in [-0.3, -0.25) is 4.90 Å². The molecule has 1 saturated heterocycles. The number of halogens is 4. The van der Waals surface area contributed by atoms with Crippen LogP contribution in [0.15, 0.2) is 43.0 Å². The highest BCUT2D eigenvalue weighted by molar-refractivity contribution is 5.86. The number of hydrogen-bond acceptors (Lipinski definition) is 4. The number of aliphatic hydroxyl groups excluding tert-OH is 1. The van der Waals surface area contributed by atoms with Crippen LogP contribution in [0.25, 0.3) is 0 Å². The van der Waals surface area contributed by atoms with Gasteiger partial charge in [0.25, 0.3) is 0 Å². The van der Waals surface area contributed by atoms with Crippen LogP contribution in [0.5, 0.6) is 0 Å². The van der Waals surface area contributed by atoms with Gasteiger partial charge < -0.3 is 15.0 Å². The van der Waals surface area contributed by atoms with Crippen LogP contribution in [0.4, 0.5) is 4.39 Å². The van der Waals surface area contributed by atoms with E-state index in [0.717, 1.165) is 44.6 Å². The number of β-amino-alcohol motifs (C(OH)–C–C–N with tert-alkyl or cyclic N) is 1. The van der Waals surface area contributed by atoms with Gasteiger partial charge in [0.05, 0.1) is 12.4 Å². The maximum absolute atomic E-state index is 12.9. The molecule has 0 aliphatic carbocycles. The minimum Gasteiger partial charge on any atom is -0.390 e. The third-order valence-corrected chi connectivity index (χ3v) is 4.54. The lowest BCUT2D eigenvalue weighted by Gasteiger charge is -2.36. The average Bonchev–Trinajstić information content (AvgIpc) is 3.09. The summed E-state index contributed by atoms with van der Waals surface area (Å²) in [6.45, 7) is 4.17. The SMILES string of the molecule is Cl.Cl.Cl.O[C@@H]1CN(Cc2ccc(F)cc2)CC[C@H]1NCCCn1ccnc1. The number of nitrogens with zero attached hydrogens (tertiary/aromatic N) is 3. The summed E-state index contributed by atoms with van der Waals surface area (Å²) >= 11 is 0. The maximum Gasteiger partial charge on any atom is 0.123 e. The van der Waals surface area contributed by atoms with Crippen molar-refractivity contribution in [2.45, 2.75) is 38.1 Å². The molecular weight excluding hydrogens is 414 g/mol. The third-order valence-electron chi connectivity index (χ3n) is 4.54. The predicted octanol–water partition coefficient (Wildman–Crippen LogP) is 2.90. The molecule has 0 spiro atoms. The Morgan fingerprint density at radius 1 is 1.19 bits per heavy atom. The first-order valence-electron chi connectivity index (χ1n) is 8.55. The van der Waals surface area contributed by atoms with E-state index in [0.29, 0.717) is 6.54 Å². The second-order valence-electron chi connectivity index (χ2n) is 6.43. The van der Waals surface area contributed by atoms with Crippen molar-refractivity contribution in [3.63, 3.8) is 0 Å². The van der Waals surface area contributed by atoms with Gasteiger partial charge in [-0.15, -0.1) is 37.2 Å². The van der Waals surface area contributed by atoms with Gasteiger partial charge in [-0.05, 0) is 37.1 Å². The zero-order chi connectivity index (χ0) is 16.8. The number of piperidine rings is 1. The standard InChI is InChI=1S/C18H25FN4O.3ClH/c19-16-4-2-15(3-5-16)12-23-10-6-17(18(24)13-23)21-7-1-9-22-11-8-20-14-22;;;/h2-5,8,11,14,17-18,21,24H,1,6-7,9-10,12-13H2;3*1H/t17-,18-;;;/m1.../s1. The number of aryl methyl sites for hydroxylation is 1. The monoisotopic (exact) mass is 440 g/mol. The number of aliphatic hydroxyl groups is 1. The number of hydrogen-bond donors (Lipinski definition) is 2. The number of aromatic nitrogens is 2. The van der Waals surface area contributed by atoms with Gasteiger partial charge in [-0.2, -0.15) is 0 Å². The quantitative estimate of drug-likeness (QED) is 0.649. The van der Waals surface area contributed by atoms with Crippen LogP contribution < -0.4 is 5.32 Å². The molecule has 0 bridgehead atoms. The fourth-order valence-corrected chi connectivity index (χ4v) is 3.19. The van der Waals surface area contributed by atoms with Gasteiger partial charge in [0.1, 0.15) is 5.82 Å². The molecule has 1 aliphatic heterocycles. The number of nitrogens with one attached hydrogen (secondary N) is 1. The van der Waals surface area contributed by atoms with E-state index >= 15 is 0 Å². The average molecular weight is 442 g/mol. The van der Waals surface area contributed by atoms with Crippen molar-refractivity contribution < 1.29 is 9.50 Å². The van der Waals surface area contributed by atoms with E-state index < -0.39 is 0 Å². The number of imidazole rings is 1. The molecule has 2 atom stereocenters. The van der Waals surface area contributed by atoms with Crippen LogP contribution in [0, 0.1) is 5.82 Å². The Kier molecular flexibility index (Phi) is 12.9. The normalized spacial score (nSPS) is 19.5. The Balaban J connectivity index is 0.00000225. The Hall–Kier alpha value is -0.890. The minimum atomic E-state index is -0.368. The summed E-state index contributed by atoms with van der Waals surface area (Å²) in [4.78, 5) is 6.25. The first-order chi connectivity index (χ1) is 11.7. The van der Waals surface area contributed by atoms with Crippen molar-refractivity contribution in [1.82, 2.24) is 19.8 Å². The van der Waals surface area contributed by atoms with E-state index in [1.165, 1.54) is 12.1 Å². The van der Waals surface area contributed by atoms with Crippen molar-refractivity contribution in [2.75, 3.05) is 19.6 Å². The molecule has 2 N–H and O–H groups in total. The highest BCUT2D eigenvalue weighted by Crippen LogP contribution is 2.15. The molecule has 1 aliphatic rings. The molecule has 1 aromatic heterocycles. The molecule has 2 aromatic rings. The van der Waals surface area contributed by atoms with Crippen LogP contribution >= 0.6 is 37.2 Å². The zero-order valence-electron chi connectivity index (χ0n) is 15.0. The smallest absolute Gasteiger partial charge is 0.123 e. The van der Waals surface area contributed by atoms with E-state index in [9.17, 15) is 9.50 Å². The van der Waals surface area contributed by atoms with Crippen LogP contribution in [0.2, 0.25) is 0 Å². The van der Waals surface area contributed by atoms with E-state index in [1.54, 1.807) is 6.20 Å². The predicted molar refractivity (Wildman–Crippen MR) is 113 cm³/mol. The van der Waals surface area contributed by atoms with Gasteiger partial charge in [-0.1, -0.05) is 12.1 Å². The maximum atomic E-state index is 12.9. The highest BCUT2D eigenvalue weighted by Gasteiger charge is 2.26. The topological polar surface area (TPSA) is 53.3 Å². The molecule has 0 amide bonds. The molecule has 1 fully saturated rings. The summed E-state index contributed by atoms with van der Waals surface area (Å²) in [7, 11) is 0. The van der Waals surface area contributed by atoms with Crippen LogP contribution in [0.3, 0.4) is 0 Å². The highest BCUT2D eigenvalue weighted by atomic mass is 35.5.